The van der Waals surface area contributed by atoms with Gasteiger partial charge in [-0.2, -0.15) is 0 Å². The van der Waals surface area contributed by atoms with Gasteiger partial charge in [-0.3, -0.25) is 0 Å². The maximum absolute atomic E-state index is 11.7. The summed E-state index contributed by atoms with van der Waals surface area (Å²) in [5.74, 6) is -1.30. The van der Waals surface area contributed by atoms with E-state index in [9.17, 15) is 15.0 Å². The number of carbonyl (C=O) groups is 1. The molecule has 3 aromatic rings. The second-order valence-corrected chi connectivity index (χ2v) is 8.17. The minimum atomic E-state index is -1.13. The molecule has 28 heavy (non-hydrogen) atoms. The highest BCUT2D eigenvalue weighted by Gasteiger charge is 2.36. The number of aromatic hydroxyl groups is 1. The van der Waals surface area contributed by atoms with Crippen LogP contribution in [0.5, 0.6) is 5.75 Å². The summed E-state index contributed by atoms with van der Waals surface area (Å²) in [5, 5.41) is 20.6. The van der Waals surface area contributed by atoms with E-state index in [1.807, 2.05) is 68.4 Å². The largest absolute Gasteiger partial charge is 0.507 e. The normalized spacial score (nSPS) is 12.0. The third-order valence-corrected chi connectivity index (χ3v) is 5.70. The Bertz CT molecular complexity index is 987. The molecule has 0 saturated carbocycles. The van der Waals surface area contributed by atoms with Gasteiger partial charge in [0.1, 0.15) is 11.3 Å². The number of benzene rings is 3. The molecule has 0 amide bonds. The van der Waals surface area contributed by atoms with E-state index in [4.69, 9.17) is 0 Å². The fourth-order valence-corrected chi connectivity index (χ4v) is 3.93. The first-order valence-electron chi connectivity index (χ1n) is 9.38. The quantitative estimate of drug-likeness (QED) is 0.598. The number of aromatic carboxylic acids is 1. The van der Waals surface area contributed by atoms with Crippen LogP contribution in [0.3, 0.4) is 0 Å². The Balaban J connectivity index is 2.33. The van der Waals surface area contributed by atoms with Crippen LogP contribution >= 0.6 is 0 Å². The van der Waals surface area contributed by atoms with Crippen LogP contribution in [0.4, 0.5) is 0 Å². The molecular formula is C25H26O3. The Morgan fingerprint density at radius 2 is 1.18 bits per heavy atom. The van der Waals surface area contributed by atoms with Crippen molar-refractivity contribution in [2.75, 3.05) is 0 Å². The summed E-state index contributed by atoms with van der Waals surface area (Å²) in [6, 6.07) is 23.3. The topological polar surface area (TPSA) is 57.5 Å². The summed E-state index contributed by atoms with van der Waals surface area (Å²) >= 11 is 0. The molecule has 0 fully saturated rings. The molecule has 0 saturated heterocycles. The summed E-state index contributed by atoms with van der Waals surface area (Å²) in [4.78, 5) is 11.7. The summed E-state index contributed by atoms with van der Waals surface area (Å²) in [7, 11) is 0. The molecule has 0 aliphatic heterocycles. The predicted molar refractivity (Wildman–Crippen MR) is 112 cm³/mol. The molecule has 0 atom stereocenters. The van der Waals surface area contributed by atoms with Crippen molar-refractivity contribution in [3.63, 3.8) is 0 Å². The molecule has 0 aliphatic rings. The molecule has 3 nitrogen and oxygen atoms in total. The number of phenols is 1. The van der Waals surface area contributed by atoms with Gasteiger partial charge in [0.25, 0.3) is 0 Å². The van der Waals surface area contributed by atoms with Gasteiger partial charge in [-0.1, -0.05) is 94.4 Å². The van der Waals surface area contributed by atoms with E-state index >= 15 is 0 Å². The van der Waals surface area contributed by atoms with Crippen molar-refractivity contribution < 1.29 is 15.0 Å². The van der Waals surface area contributed by atoms with Crippen molar-refractivity contribution in [1.29, 1.82) is 0 Å². The third kappa shape index (κ3) is 3.29. The second kappa shape index (κ2) is 7.16. The molecule has 0 heterocycles. The van der Waals surface area contributed by atoms with Gasteiger partial charge < -0.3 is 10.2 Å². The first-order valence-corrected chi connectivity index (χ1v) is 9.38. The highest BCUT2D eigenvalue weighted by Crippen LogP contribution is 2.46. The van der Waals surface area contributed by atoms with Crippen molar-refractivity contribution in [2.24, 2.45) is 0 Å². The van der Waals surface area contributed by atoms with E-state index in [1.165, 1.54) is 6.07 Å². The zero-order chi connectivity index (χ0) is 20.5. The van der Waals surface area contributed by atoms with Gasteiger partial charge in [0.05, 0.1) is 0 Å². The lowest BCUT2D eigenvalue weighted by atomic mass is 9.67. The SMILES string of the molecule is CC(C)(c1ccccc1)c1ccc(C(=O)O)c(O)c1C(C)(C)c1ccccc1. The molecule has 0 aromatic heterocycles. The minimum absolute atomic E-state index is 0.0772. The molecule has 3 aromatic carbocycles. The maximum atomic E-state index is 11.7. The van der Waals surface area contributed by atoms with E-state index in [0.29, 0.717) is 5.56 Å². The summed E-state index contributed by atoms with van der Waals surface area (Å²) in [6.45, 7) is 8.24. The highest BCUT2D eigenvalue weighted by atomic mass is 16.4. The van der Waals surface area contributed by atoms with E-state index in [1.54, 1.807) is 0 Å². The fraction of sp³-hybridized carbons (Fsp3) is 0.240. The van der Waals surface area contributed by atoms with Gasteiger partial charge in [0.15, 0.2) is 0 Å². The third-order valence-electron chi connectivity index (χ3n) is 5.70. The lowest BCUT2D eigenvalue weighted by Gasteiger charge is -2.36. The number of hydrogen-bond acceptors (Lipinski definition) is 2. The zero-order valence-electron chi connectivity index (χ0n) is 16.7. The molecule has 3 heteroatoms. The molecule has 2 N–H and O–H groups in total. The van der Waals surface area contributed by atoms with Crippen LogP contribution in [0.15, 0.2) is 72.8 Å². The van der Waals surface area contributed by atoms with E-state index in [0.717, 1.165) is 16.7 Å². The van der Waals surface area contributed by atoms with Crippen molar-refractivity contribution in [1.82, 2.24) is 0 Å². The lowest BCUT2D eigenvalue weighted by molar-refractivity contribution is 0.0693. The van der Waals surface area contributed by atoms with Gasteiger partial charge in [-0.25, -0.2) is 4.79 Å². The molecule has 144 valence electrons. The molecular weight excluding hydrogens is 348 g/mol. The van der Waals surface area contributed by atoms with Gasteiger partial charge in [0, 0.05) is 16.4 Å². The van der Waals surface area contributed by atoms with E-state index in [-0.39, 0.29) is 11.3 Å². The van der Waals surface area contributed by atoms with Crippen LogP contribution < -0.4 is 0 Å². The molecule has 0 radical (unpaired) electrons. The Morgan fingerprint density at radius 3 is 1.64 bits per heavy atom. The minimum Gasteiger partial charge on any atom is -0.507 e. The Labute approximate surface area is 166 Å². The average Bonchev–Trinajstić information content (AvgIpc) is 2.68. The summed E-state index contributed by atoms with van der Waals surface area (Å²) in [6.07, 6.45) is 0. The molecule has 0 unspecified atom stereocenters. The van der Waals surface area contributed by atoms with E-state index < -0.39 is 16.8 Å². The maximum Gasteiger partial charge on any atom is 0.339 e. The summed E-state index contributed by atoms with van der Waals surface area (Å²) in [5.41, 5.74) is 2.59. The number of carboxylic acid groups (broad SMARTS) is 1. The highest BCUT2D eigenvalue weighted by molar-refractivity contribution is 5.92. The van der Waals surface area contributed by atoms with E-state index in [2.05, 4.69) is 26.0 Å². The van der Waals surface area contributed by atoms with Crippen LogP contribution in [0.25, 0.3) is 0 Å². The molecule has 3 rings (SSSR count). The first-order chi connectivity index (χ1) is 13.2. The standard InChI is InChI=1S/C25H26O3/c1-24(2,17-11-7-5-8-12-17)20-16-15-19(23(27)28)22(26)21(20)25(3,4)18-13-9-6-10-14-18/h5-16,26H,1-4H3,(H,27,28). The average molecular weight is 374 g/mol. The van der Waals surface area contributed by atoms with Gasteiger partial charge in [-0.05, 0) is 22.8 Å². The van der Waals surface area contributed by atoms with Crippen LogP contribution in [0.2, 0.25) is 0 Å². The fourth-order valence-electron chi connectivity index (χ4n) is 3.93. The Kier molecular flexibility index (Phi) is 5.03. The van der Waals surface area contributed by atoms with Crippen molar-refractivity contribution in [2.45, 2.75) is 38.5 Å². The number of carboxylic acids is 1. The molecule has 0 spiro atoms. The zero-order valence-corrected chi connectivity index (χ0v) is 16.7. The lowest BCUT2D eigenvalue weighted by Crippen LogP contribution is -2.29. The second-order valence-electron chi connectivity index (χ2n) is 8.17. The summed E-state index contributed by atoms with van der Waals surface area (Å²) < 4.78 is 0. The van der Waals surface area contributed by atoms with Crippen LogP contribution in [-0.2, 0) is 10.8 Å². The smallest absolute Gasteiger partial charge is 0.339 e. The molecule has 0 aliphatic carbocycles. The van der Waals surface area contributed by atoms with Crippen molar-refractivity contribution in [3.05, 3.63) is 101 Å². The molecule has 0 bridgehead atoms. The Morgan fingerprint density at radius 1 is 0.714 bits per heavy atom. The number of rotatable bonds is 5. The van der Waals surface area contributed by atoms with Crippen molar-refractivity contribution in [3.8, 4) is 5.75 Å². The van der Waals surface area contributed by atoms with Crippen molar-refractivity contribution >= 4 is 5.97 Å². The number of hydrogen-bond donors (Lipinski definition) is 2. The van der Waals surface area contributed by atoms with Gasteiger partial charge in [0.2, 0.25) is 0 Å². The predicted octanol–water partition coefficient (Wildman–Crippen LogP) is 5.74. The monoisotopic (exact) mass is 374 g/mol. The van der Waals surface area contributed by atoms with Crippen LogP contribution in [0, 0.1) is 0 Å². The Hall–Kier alpha value is -3.07. The van der Waals surface area contributed by atoms with Crippen LogP contribution in [-0.4, -0.2) is 16.2 Å². The van der Waals surface area contributed by atoms with Gasteiger partial charge in [-0.15, -0.1) is 0 Å². The van der Waals surface area contributed by atoms with Crippen LogP contribution in [0.1, 0.15) is 60.3 Å². The van der Waals surface area contributed by atoms with Gasteiger partial charge >= 0.3 is 5.97 Å². The first kappa shape index (κ1) is 19.7.